The van der Waals surface area contributed by atoms with Crippen molar-refractivity contribution in [3.05, 3.63) is 23.8 Å². The molecular formula is C20H30BNO6. The number of hydrogen-bond donors (Lipinski definition) is 1. The van der Waals surface area contributed by atoms with E-state index in [0.29, 0.717) is 16.7 Å². The number of benzene rings is 1. The third-order valence-electron chi connectivity index (χ3n) is 4.76. The minimum absolute atomic E-state index is 0.0623. The first-order valence-electron chi connectivity index (χ1n) is 9.29. The van der Waals surface area contributed by atoms with E-state index in [1.54, 1.807) is 32.9 Å². The van der Waals surface area contributed by atoms with Gasteiger partial charge in [0.05, 0.1) is 24.7 Å². The maximum atomic E-state index is 12.2. The largest absolute Gasteiger partial charge is 0.494 e. The van der Waals surface area contributed by atoms with Gasteiger partial charge in [0.2, 0.25) is 0 Å². The van der Waals surface area contributed by atoms with Gasteiger partial charge in [-0.05, 0) is 71.6 Å². The zero-order chi connectivity index (χ0) is 21.3. The minimum atomic E-state index is -0.623. The summed E-state index contributed by atoms with van der Waals surface area (Å²) in [6, 6.07) is 5.28. The van der Waals surface area contributed by atoms with E-state index in [2.05, 4.69) is 5.32 Å². The van der Waals surface area contributed by atoms with Crippen molar-refractivity contribution in [3.63, 3.8) is 0 Å². The summed E-state index contributed by atoms with van der Waals surface area (Å²) in [5.74, 6) is -0.380. The van der Waals surface area contributed by atoms with Gasteiger partial charge in [0.25, 0.3) is 0 Å². The molecule has 2 rings (SSSR count). The molecule has 1 aliphatic heterocycles. The highest BCUT2D eigenvalue weighted by atomic mass is 16.7. The Balaban J connectivity index is 2.33. The number of hydrogen-bond acceptors (Lipinski definition) is 6. The van der Waals surface area contributed by atoms with Gasteiger partial charge in [-0.2, -0.15) is 0 Å². The molecule has 154 valence electrons. The molecule has 8 heteroatoms. The van der Waals surface area contributed by atoms with Crippen molar-refractivity contribution in [2.24, 2.45) is 0 Å². The molecule has 7 nitrogen and oxygen atoms in total. The predicted molar refractivity (Wildman–Crippen MR) is 108 cm³/mol. The maximum Gasteiger partial charge on any atom is 0.494 e. The molecule has 0 atom stereocenters. The first-order chi connectivity index (χ1) is 12.7. The Morgan fingerprint density at radius 1 is 1.07 bits per heavy atom. The molecule has 1 aromatic carbocycles. The Morgan fingerprint density at radius 2 is 1.64 bits per heavy atom. The molecule has 1 heterocycles. The molecule has 1 amide bonds. The van der Waals surface area contributed by atoms with Gasteiger partial charge in [0.15, 0.2) is 0 Å². The summed E-state index contributed by atoms with van der Waals surface area (Å²) in [5, 5.41) is 2.71. The van der Waals surface area contributed by atoms with E-state index in [9.17, 15) is 9.59 Å². The van der Waals surface area contributed by atoms with E-state index < -0.39 is 30.0 Å². The molecule has 1 N–H and O–H groups in total. The Hall–Kier alpha value is -2.06. The Morgan fingerprint density at radius 3 is 2.14 bits per heavy atom. The monoisotopic (exact) mass is 391 g/mol. The van der Waals surface area contributed by atoms with Crippen LogP contribution in [0.5, 0.6) is 0 Å². The first kappa shape index (κ1) is 22.2. The predicted octanol–water partition coefficient (Wildman–Crippen LogP) is 3.05. The van der Waals surface area contributed by atoms with Crippen LogP contribution in [-0.2, 0) is 30.0 Å². The lowest BCUT2D eigenvalue weighted by molar-refractivity contribution is -0.139. The molecule has 1 aromatic rings. The normalized spacial score (nSPS) is 17.9. The number of rotatable bonds is 4. The lowest BCUT2D eigenvalue weighted by Gasteiger charge is -2.32. The van der Waals surface area contributed by atoms with Gasteiger partial charge in [-0.25, -0.2) is 4.79 Å². The van der Waals surface area contributed by atoms with Crippen LogP contribution in [0.15, 0.2) is 18.2 Å². The van der Waals surface area contributed by atoms with Crippen molar-refractivity contribution in [2.75, 3.05) is 12.4 Å². The maximum absolute atomic E-state index is 12.2. The summed E-state index contributed by atoms with van der Waals surface area (Å²) in [4.78, 5) is 23.9. The fourth-order valence-corrected chi connectivity index (χ4v) is 2.67. The zero-order valence-corrected chi connectivity index (χ0v) is 18.0. The van der Waals surface area contributed by atoms with Crippen molar-refractivity contribution in [3.8, 4) is 0 Å². The molecule has 0 saturated carbocycles. The molecule has 1 aliphatic rings. The quantitative estimate of drug-likeness (QED) is 0.628. The second-order valence-corrected chi connectivity index (χ2v) is 8.93. The third kappa shape index (κ3) is 5.48. The fraction of sp³-hybridized carbons (Fsp3) is 0.600. The molecule has 0 aliphatic carbocycles. The van der Waals surface area contributed by atoms with Crippen molar-refractivity contribution >= 4 is 30.3 Å². The standard InChI is InChI=1S/C20H30BNO6/c1-18(2,3)26-17(24)22-15-10-13(11-16(23)25-8)9-14(12-15)21-27-19(4,5)20(6,7)28-21/h9-10,12H,11H2,1-8H3,(H,22,24). The second kappa shape index (κ2) is 7.76. The SMILES string of the molecule is COC(=O)Cc1cc(NC(=O)OC(C)(C)C)cc(B2OC(C)(C)C(C)(C)O2)c1. The molecule has 0 unspecified atom stereocenters. The second-order valence-electron chi connectivity index (χ2n) is 8.93. The molecule has 28 heavy (non-hydrogen) atoms. The van der Waals surface area contributed by atoms with Gasteiger partial charge in [-0.1, -0.05) is 6.07 Å². The number of amides is 1. The molecule has 1 fully saturated rings. The zero-order valence-electron chi connectivity index (χ0n) is 18.0. The van der Waals surface area contributed by atoms with Crippen LogP contribution in [0.2, 0.25) is 0 Å². The van der Waals surface area contributed by atoms with Crippen LogP contribution in [0.3, 0.4) is 0 Å². The van der Waals surface area contributed by atoms with E-state index in [1.807, 2.05) is 33.8 Å². The van der Waals surface area contributed by atoms with E-state index in [4.69, 9.17) is 18.8 Å². The number of methoxy groups -OCH3 is 1. The topological polar surface area (TPSA) is 83.1 Å². The molecule has 0 radical (unpaired) electrons. The third-order valence-corrected chi connectivity index (χ3v) is 4.76. The van der Waals surface area contributed by atoms with Gasteiger partial charge < -0.3 is 18.8 Å². The number of anilines is 1. The first-order valence-corrected chi connectivity index (χ1v) is 9.29. The highest BCUT2D eigenvalue weighted by molar-refractivity contribution is 6.62. The number of carbonyl (C=O) groups is 2. The Labute approximate surface area is 167 Å². The average Bonchev–Trinajstić information content (AvgIpc) is 2.73. The van der Waals surface area contributed by atoms with Crippen LogP contribution in [0.25, 0.3) is 0 Å². The minimum Gasteiger partial charge on any atom is -0.469 e. The molecule has 1 saturated heterocycles. The number of esters is 1. The van der Waals surface area contributed by atoms with Crippen LogP contribution in [-0.4, -0.2) is 43.1 Å². The molecule has 0 bridgehead atoms. The van der Waals surface area contributed by atoms with Crippen LogP contribution >= 0.6 is 0 Å². The highest BCUT2D eigenvalue weighted by Gasteiger charge is 2.51. The average molecular weight is 391 g/mol. The lowest BCUT2D eigenvalue weighted by atomic mass is 9.78. The van der Waals surface area contributed by atoms with E-state index >= 15 is 0 Å². The fourth-order valence-electron chi connectivity index (χ4n) is 2.67. The lowest BCUT2D eigenvalue weighted by Crippen LogP contribution is -2.41. The van der Waals surface area contributed by atoms with Crippen LogP contribution < -0.4 is 10.8 Å². The van der Waals surface area contributed by atoms with E-state index in [-0.39, 0.29) is 12.4 Å². The molecule has 0 aromatic heterocycles. The number of carbonyl (C=O) groups excluding carboxylic acids is 2. The summed E-state index contributed by atoms with van der Waals surface area (Å²) in [5.41, 5.74) is 0.225. The van der Waals surface area contributed by atoms with Gasteiger partial charge in [-0.15, -0.1) is 0 Å². The highest BCUT2D eigenvalue weighted by Crippen LogP contribution is 2.36. The van der Waals surface area contributed by atoms with E-state index in [0.717, 1.165) is 0 Å². The van der Waals surface area contributed by atoms with Crippen molar-refractivity contribution in [2.45, 2.75) is 71.7 Å². The van der Waals surface area contributed by atoms with Crippen molar-refractivity contribution in [1.82, 2.24) is 0 Å². The Bertz CT molecular complexity index is 738. The molecule has 0 spiro atoms. The van der Waals surface area contributed by atoms with Gasteiger partial charge in [0, 0.05) is 5.69 Å². The molecular weight excluding hydrogens is 361 g/mol. The van der Waals surface area contributed by atoms with Gasteiger partial charge in [0.1, 0.15) is 5.60 Å². The summed E-state index contributed by atoms with van der Waals surface area (Å²) in [6.07, 6.45) is -0.519. The number of ether oxygens (including phenoxy) is 2. The Kier molecular flexibility index (Phi) is 6.16. The van der Waals surface area contributed by atoms with E-state index in [1.165, 1.54) is 7.11 Å². The summed E-state index contributed by atoms with van der Waals surface area (Å²) >= 11 is 0. The smallest absolute Gasteiger partial charge is 0.469 e. The van der Waals surface area contributed by atoms with Crippen LogP contribution in [0.1, 0.15) is 54.0 Å². The van der Waals surface area contributed by atoms with Crippen LogP contribution in [0.4, 0.5) is 10.5 Å². The summed E-state index contributed by atoms with van der Waals surface area (Å²) in [6.45, 7) is 13.2. The van der Waals surface area contributed by atoms with Gasteiger partial charge >= 0.3 is 19.2 Å². The van der Waals surface area contributed by atoms with Crippen molar-refractivity contribution < 1.29 is 28.4 Å². The van der Waals surface area contributed by atoms with Gasteiger partial charge in [-0.3, -0.25) is 10.1 Å². The number of nitrogens with one attached hydrogen (secondary N) is 1. The summed E-state index contributed by atoms with van der Waals surface area (Å²) < 4.78 is 22.3. The van der Waals surface area contributed by atoms with Crippen molar-refractivity contribution in [1.29, 1.82) is 0 Å². The van der Waals surface area contributed by atoms with Crippen LogP contribution in [0, 0.1) is 0 Å². The summed E-state index contributed by atoms with van der Waals surface area (Å²) in [7, 11) is 0.710.